The molecule has 1 saturated heterocycles. The molecule has 2 nitrogen and oxygen atoms in total. The van der Waals surface area contributed by atoms with Crippen LogP contribution < -0.4 is 10.6 Å². The molecule has 2 heteroatoms. The van der Waals surface area contributed by atoms with Gasteiger partial charge in [0.25, 0.3) is 0 Å². The van der Waals surface area contributed by atoms with Gasteiger partial charge in [-0.2, -0.15) is 0 Å². The average molecular weight is 266 g/mol. The van der Waals surface area contributed by atoms with Crippen LogP contribution in [0.2, 0.25) is 0 Å². The number of rotatable bonds is 4. The first kappa shape index (κ1) is 13.3. The van der Waals surface area contributed by atoms with E-state index in [2.05, 4.69) is 71.3 Å². The van der Waals surface area contributed by atoms with Crippen molar-refractivity contribution in [1.82, 2.24) is 10.6 Å². The van der Waals surface area contributed by atoms with Crippen LogP contribution in [-0.4, -0.2) is 12.6 Å². The lowest BCUT2D eigenvalue weighted by Crippen LogP contribution is -2.45. The third-order valence-corrected chi connectivity index (χ3v) is 4.03. The molecule has 0 aliphatic carbocycles. The van der Waals surface area contributed by atoms with Gasteiger partial charge in [-0.15, -0.1) is 0 Å². The van der Waals surface area contributed by atoms with Gasteiger partial charge in [-0.05, 0) is 30.5 Å². The maximum atomic E-state index is 3.72. The predicted octanol–water partition coefficient (Wildman–Crippen LogP) is 3.27. The molecule has 2 aromatic carbocycles. The van der Waals surface area contributed by atoms with Crippen LogP contribution in [-0.2, 0) is 6.54 Å². The molecule has 0 bridgehead atoms. The first-order valence-electron chi connectivity index (χ1n) is 7.49. The molecule has 0 amide bonds. The summed E-state index contributed by atoms with van der Waals surface area (Å²) in [4.78, 5) is 0. The van der Waals surface area contributed by atoms with Gasteiger partial charge in [0.15, 0.2) is 0 Å². The van der Waals surface area contributed by atoms with E-state index in [1.54, 1.807) is 0 Å². The van der Waals surface area contributed by atoms with E-state index >= 15 is 0 Å². The lowest BCUT2D eigenvalue weighted by atomic mass is 9.92. The first-order valence-corrected chi connectivity index (χ1v) is 7.49. The van der Waals surface area contributed by atoms with Crippen molar-refractivity contribution in [3.8, 4) is 0 Å². The fourth-order valence-electron chi connectivity index (χ4n) is 2.96. The minimum Gasteiger partial charge on any atom is -0.309 e. The van der Waals surface area contributed by atoms with Gasteiger partial charge in [0.05, 0.1) is 0 Å². The summed E-state index contributed by atoms with van der Waals surface area (Å²) in [5, 5.41) is 7.38. The SMILES string of the molecule is c1ccc(CN[C@@H]2CCCN[C@H]2c2ccccc2)cc1. The zero-order chi connectivity index (χ0) is 13.6. The molecular weight excluding hydrogens is 244 g/mol. The van der Waals surface area contributed by atoms with E-state index < -0.39 is 0 Å². The molecule has 2 N–H and O–H groups in total. The summed E-state index contributed by atoms with van der Waals surface area (Å²) in [5.74, 6) is 0. The van der Waals surface area contributed by atoms with Crippen molar-refractivity contribution >= 4 is 0 Å². The van der Waals surface area contributed by atoms with Crippen LogP contribution in [0.4, 0.5) is 0 Å². The molecule has 104 valence electrons. The Hall–Kier alpha value is -1.64. The van der Waals surface area contributed by atoms with Crippen molar-refractivity contribution in [3.63, 3.8) is 0 Å². The molecule has 0 spiro atoms. The summed E-state index contributed by atoms with van der Waals surface area (Å²) in [5.41, 5.74) is 2.74. The van der Waals surface area contributed by atoms with E-state index in [9.17, 15) is 0 Å². The largest absolute Gasteiger partial charge is 0.309 e. The molecule has 3 rings (SSSR count). The molecule has 0 saturated carbocycles. The highest BCUT2D eigenvalue weighted by Crippen LogP contribution is 2.23. The summed E-state index contributed by atoms with van der Waals surface area (Å²) >= 11 is 0. The third-order valence-electron chi connectivity index (χ3n) is 4.03. The standard InChI is InChI=1S/C18H22N2/c1-3-8-15(9-4-1)14-20-17-12-7-13-19-18(17)16-10-5-2-6-11-16/h1-6,8-11,17-20H,7,12-14H2/t17-,18+/m1/s1. The van der Waals surface area contributed by atoms with Gasteiger partial charge in [0.1, 0.15) is 0 Å². The Morgan fingerprint density at radius 1 is 0.950 bits per heavy atom. The second-order valence-electron chi connectivity index (χ2n) is 5.46. The lowest BCUT2D eigenvalue weighted by Gasteiger charge is -2.34. The van der Waals surface area contributed by atoms with Gasteiger partial charge in [-0.3, -0.25) is 0 Å². The zero-order valence-electron chi connectivity index (χ0n) is 11.8. The van der Waals surface area contributed by atoms with Gasteiger partial charge in [0, 0.05) is 18.6 Å². The topological polar surface area (TPSA) is 24.1 Å². The van der Waals surface area contributed by atoms with Gasteiger partial charge in [-0.25, -0.2) is 0 Å². The quantitative estimate of drug-likeness (QED) is 0.887. The van der Waals surface area contributed by atoms with Crippen LogP contribution in [0.3, 0.4) is 0 Å². The smallest absolute Gasteiger partial charge is 0.0476 e. The molecule has 0 radical (unpaired) electrons. The fourth-order valence-corrected chi connectivity index (χ4v) is 2.96. The van der Waals surface area contributed by atoms with E-state index in [0.29, 0.717) is 12.1 Å². The van der Waals surface area contributed by atoms with Crippen molar-refractivity contribution in [2.75, 3.05) is 6.54 Å². The molecule has 2 aromatic rings. The fraction of sp³-hybridized carbons (Fsp3) is 0.333. The van der Waals surface area contributed by atoms with E-state index in [1.807, 2.05) is 0 Å². The van der Waals surface area contributed by atoms with Crippen molar-refractivity contribution in [1.29, 1.82) is 0 Å². The highest BCUT2D eigenvalue weighted by Gasteiger charge is 2.25. The Balaban J connectivity index is 1.67. The minimum absolute atomic E-state index is 0.425. The van der Waals surface area contributed by atoms with Gasteiger partial charge >= 0.3 is 0 Å². The molecule has 20 heavy (non-hydrogen) atoms. The number of hydrogen-bond donors (Lipinski definition) is 2. The molecule has 1 aliphatic heterocycles. The summed E-state index contributed by atoms with van der Waals surface area (Å²) in [6.45, 7) is 2.06. The summed E-state index contributed by atoms with van der Waals surface area (Å²) in [6, 6.07) is 22.3. The van der Waals surface area contributed by atoms with Crippen LogP contribution >= 0.6 is 0 Å². The van der Waals surface area contributed by atoms with Crippen LogP contribution in [0, 0.1) is 0 Å². The van der Waals surface area contributed by atoms with Crippen molar-refractivity contribution in [2.24, 2.45) is 0 Å². The van der Waals surface area contributed by atoms with Crippen molar-refractivity contribution in [3.05, 3.63) is 71.8 Å². The van der Waals surface area contributed by atoms with Crippen molar-refractivity contribution < 1.29 is 0 Å². The molecular formula is C18H22N2. The van der Waals surface area contributed by atoms with E-state index in [4.69, 9.17) is 0 Å². The number of piperidine rings is 1. The lowest BCUT2D eigenvalue weighted by molar-refractivity contribution is 0.304. The summed E-state index contributed by atoms with van der Waals surface area (Å²) in [6.07, 6.45) is 2.48. The minimum atomic E-state index is 0.425. The Kier molecular flexibility index (Phi) is 4.46. The normalized spacial score (nSPS) is 22.6. The Morgan fingerprint density at radius 2 is 1.65 bits per heavy atom. The van der Waals surface area contributed by atoms with Crippen LogP contribution in [0.1, 0.15) is 30.0 Å². The molecule has 1 heterocycles. The predicted molar refractivity (Wildman–Crippen MR) is 83.5 cm³/mol. The average Bonchev–Trinajstić information content (AvgIpc) is 2.55. The third kappa shape index (κ3) is 3.27. The van der Waals surface area contributed by atoms with Crippen molar-refractivity contribution in [2.45, 2.75) is 31.5 Å². The Labute approximate surface area is 121 Å². The second-order valence-corrected chi connectivity index (χ2v) is 5.46. The van der Waals surface area contributed by atoms with Gasteiger partial charge in [-0.1, -0.05) is 60.7 Å². The highest BCUT2D eigenvalue weighted by atomic mass is 15.0. The number of benzene rings is 2. The van der Waals surface area contributed by atoms with Gasteiger partial charge in [0.2, 0.25) is 0 Å². The number of nitrogens with one attached hydrogen (secondary N) is 2. The second kappa shape index (κ2) is 6.69. The monoisotopic (exact) mass is 266 g/mol. The van der Waals surface area contributed by atoms with Crippen LogP contribution in [0.15, 0.2) is 60.7 Å². The Morgan fingerprint density at radius 3 is 2.40 bits per heavy atom. The van der Waals surface area contributed by atoms with Crippen LogP contribution in [0.25, 0.3) is 0 Å². The molecule has 2 atom stereocenters. The Bertz CT molecular complexity index is 509. The molecule has 1 aliphatic rings. The van der Waals surface area contributed by atoms with E-state index in [-0.39, 0.29) is 0 Å². The molecule has 0 unspecified atom stereocenters. The molecule has 1 fully saturated rings. The van der Waals surface area contributed by atoms with E-state index in [0.717, 1.165) is 13.1 Å². The maximum Gasteiger partial charge on any atom is 0.0476 e. The highest BCUT2D eigenvalue weighted by molar-refractivity contribution is 5.22. The molecule has 0 aromatic heterocycles. The van der Waals surface area contributed by atoms with E-state index in [1.165, 1.54) is 24.0 Å². The zero-order valence-corrected chi connectivity index (χ0v) is 11.8. The first-order chi connectivity index (χ1) is 9.93. The maximum absolute atomic E-state index is 3.72. The summed E-state index contributed by atoms with van der Waals surface area (Å²) in [7, 11) is 0. The number of hydrogen-bond acceptors (Lipinski definition) is 2. The summed E-state index contributed by atoms with van der Waals surface area (Å²) < 4.78 is 0. The van der Waals surface area contributed by atoms with Gasteiger partial charge < -0.3 is 10.6 Å². The van der Waals surface area contributed by atoms with Crippen LogP contribution in [0.5, 0.6) is 0 Å².